The van der Waals surface area contributed by atoms with Gasteiger partial charge < -0.3 is 5.73 Å². The van der Waals surface area contributed by atoms with Gasteiger partial charge in [0.15, 0.2) is 0 Å². The summed E-state index contributed by atoms with van der Waals surface area (Å²) in [5, 5.41) is 0.626. The maximum Gasteiger partial charge on any atom is 0.123 e. The van der Waals surface area contributed by atoms with Gasteiger partial charge in [0.05, 0.1) is 0 Å². The van der Waals surface area contributed by atoms with Crippen molar-refractivity contribution in [3.63, 3.8) is 0 Å². The van der Waals surface area contributed by atoms with E-state index in [9.17, 15) is 4.39 Å². The molecule has 2 aromatic carbocycles. The van der Waals surface area contributed by atoms with E-state index in [1.807, 2.05) is 25.1 Å². The van der Waals surface area contributed by atoms with Gasteiger partial charge in [-0.1, -0.05) is 45.7 Å². The van der Waals surface area contributed by atoms with Gasteiger partial charge in [0.2, 0.25) is 0 Å². The lowest BCUT2D eigenvalue weighted by molar-refractivity contribution is 0.491. The average Bonchev–Trinajstić information content (AvgIpc) is 2.31. The minimum atomic E-state index is -0.602. The monoisotopic (exact) mass is 341 g/mol. The molecule has 1 unspecified atom stereocenters. The van der Waals surface area contributed by atoms with Crippen LogP contribution in [0.25, 0.3) is 0 Å². The summed E-state index contributed by atoms with van der Waals surface area (Å²) in [5.41, 5.74) is 7.62. The summed E-state index contributed by atoms with van der Waals surface area (Å²) in [4.78, 5) is 0. The Hall–Kier alpha value is -0.900. The number of benzene rings is 2. The fourth-order valence-corrected chi connectivity index (χ4v) is 2.96. The van der Waals surface area contributed by atoms with Crippen LogP contribution in [0.3, 0.4) is 0 Å². The van der Waals surface area contributed by atoms with Crippen molar-refractivity contribution < 1.29 is 4.39 Å². The summed E-state index contributed by atoms with van der Waals surface area (Å²) in [6, 6.07) is 12.0. The van der Waals surface area contributed by atoms with E-state index in [0.29, 0.717) is 11.4 Å². The smallest absolute Gasteiger partial charge is 0.123 e. The maximum absolute atomic E-state index is 12.9. The molecular weight excluding hydrogens is 329 g/mol. The first kappa shape index (κ1) is 14.5. The average molecular weight is 343 g/mol. The zero-order valence-corrected chi connectivity index (χ0v) is 12.8. The predicted octanol–water partition coefficient (Wildman–Crippen LogP) is 4.66. The summed E-state index contributed by atoms with van der Waals surface area (Å²) < 4.78 is 13.8. The highest BCUT2D eigenvalue weighted by Crippen LogP contribution is 2.31. The highest BCUT2D eigenvalue weighted by Gasteiger charge is 2.24. The van der Waals surface area contributed by atoms with Crippen LogP contribution in [0, 0.1) is 5.82 Å². The molecule has 0 heterocycles. The maximum atomic E-state index is 12.9. The highest BCUT2D eigenvalue weighted by atomic mass is 79.9. The lowest BCUT2D eigenvalue weighted by atomic mass is 9.86. The Bertz CT molecular complexity index is 581. The van der Waals surface area contributed by atoms with Crippen molar-refractivity contribution in [1.82, 2.24) is 0 Å². The van der Waals surface area contributed by atoms with Crippen LogP contribution in [0.5, 0.6) is 0 Å². The van der Waals surface area contributed by atoms with E-state index in [-0.39, 0.29) is 5.82 Å². The van der Waals surface area contributed by atoms with E-state index < -0.39 is 5.54 Å². The summed E-state index contributed by atoms with van der Waals surface area (Å²) in [5.74, 6) is -0.246. The lowest BCUT2D eigenvalue weighted by Crippen LogP contribution is -2.35. The van der Waals surface area contributed by atoms with E-state index in [4.69, 9.17) is 17.3 Å². The molecule has 0 radical (unpaired) electrons. The van der Waals surface area contributed by atoms with Gasteiger partial charge in [-0.15, -0.1) is 0 Å². The predicted molar refractivity (Wildman–Crippen MR) is 80.8 cm³/mol. The van der Waals surface area contributed by atoms with Crippen LogP contribution < -0.4 is 5.73 Å². The molecule has 2 aromatic rings. The van der Waals surface area contributed by atoms with Crippen molar-refractivity contribution >= 4 is 27.5 Å². The van der Waals surface area contributed by atoms with Gasteiger partial charge in [-0.3, -0.25) is 0 Å². The van der Waals surface area contributed by atoms with Crippen molar-refractivity contribution in [3.05, 3.63) is 68.9 Å². The van der Waals surface area contributed by atoms with Crippen LogP contribution >= 0.6 is 27.5 Å². The first-order valence-corrected chi connectivity index (χ1v) is 7.04. The highest BCUT2D eigenvalue weighted by molar-refractivity contribution is 9.10. The van der Waals surface area contributed by atoms with Crippen LogP contribution in [0.15, 0.2) is 46.9 Å². The molecule has 1 nitrogen and oxygen atoms in total. The second kappa shape index (κ2) is 5.61. The third-order valence-electron chi connectivity index (χ3n) is 3.03. The second-order valence-corrected chi connectivity index (χ2v) is 6.17. The van der Waals surface area contributed by atoms with Crippen molar-refractivity contribution in [1.29, 1.82) is 0 Å². The minimum Gasteiger partial charge on any atom is -0.321 e. The Balaban J connectivity index is 2.29. The second-order valence-electron chi connectivity index (χ2n) is 4.84. The number of rotatable bonds is 3. The number of hydrogen-bond acceptors (Lipinski definition) is 1. The molecule has 0 spiro atoms. The SMILES string of the molecule is CC(N)(Cc1ccc(F)cc1)c1ccc(Br)cc1Cl. The zero-order chi connectivity index (χ0) is 14.0. The topological polar surface area (TPSA) is 26.0 Å². The molecular formula is C15H14BrClFN. The summed E-state index contributed by atoms with van der Waals surface area (Å²) in [7, 11) is 0. The molecule has 4 heteroatoms. The zero-order valence-electron chi connectivity index (χ0n) is 10.5. The third-order valence-corrected chi connectivity index (χ3v) is 3.84. The van der Waals surface area contributed by atoms with E-state index in [1.165, 1.54) is 12.1 Å². The molecule has 2 rings (SSSR count). The van der Waals surface area contributed by atoms with Crippen LogP contribution in [-0.4, -0.2) is 0 Å². The van der Waals surface area contributed by atoms with Gasteiger partial charge in [-0.2, -0.15) is 0 Å². The van der Waals surface area contributed by atoms with Crippen LogP contribution in [-0.2, 0) is 12.0 Å². The Morgan fingerprint density at radius 2 is 1.84 bits per heavy atom. The van der Waals surface area contributed by atoms with Gasteiger partial charge >= 0.3 is 0 Å². The molecule has 0 aliphatic rings. The molecule has 0 saturated heterocycles. The summed E-state index contributed by atoms with van der Waals surface area (Å²) >= 11 is 9.61. The van der Waals surface area contributed by atoms with E-state index >= 15 is 0 Å². The number of hydrogen-bond donors (Lipinski definition) is 1. The van der Waals surface area contributed by atoms with E-state index in [1.54, 1.807) is 12.1 Å². The molecule has 0 aromatic heterocycles. The Morgan fingerprint density at radius 1 is 1.21 bits per heavy atom. The van der Waals surface area contributed by atoms with Crippen LogP contribution in [0.4, 0.5) is 4.39 Å². The molecule has 0 bridgehead atoms. The summed E-state index contributed by atoms with van der Waals surface area (Å²) in [6.45, 7) is 1.92. The van der Waals surface area contributed by atoms with Crippen molar-refractivity contribution in [2.24, 2.45) is 5.73 Å². The molecule has 0 amide bonds. The van der Waals surface area contributed by atoms with Gasteiger partial charge in [-0.25, -0.2) is 4.39 Å². The molecule has 100 valence electrons. The third kappa shape index (κ3) is 3.56. The van der Waals surface area contributed by atoms with Gasteiger partial charge in [0.1, 0.15) is 5.82 Å². The summed E-state index contributed by atoms with van der Waals surface area (Å²) in [6.07, 6.45) is 0.592. The molecule has 0 aliphatic carbocycles. The Labute approximate surface area is 125 Å². The van der Waals surface area contributed by atoms with E-state index in [0.717, 1.165) is 15.6 Å². The fourth-order valence-electron chi connectivity index (χ4n) is 2.07. The molecule has 0 aliphatic heterocycles. The van der Waals surface area contributed by atoms with Gasteiger partial charge in [0, 0.05) is 15.0 Å². The Kier molecular flexibility index (Phi) is 4.29. The van der Waals surface area contributed by atoms with Crippen LogP contribution in [0.2, 0.25) is 5.02 Å². The molecule has 0 fully saturated rings. The van der Waals surface area contributed by atoms with Crippen molar-refractivity contribution in [2.45, 2.75) is 18.9 Å². The van der Waals surface area contributed by atoms with E-state index in [2.05, 4.69) is 15.9 Å². The normalized spacial score (nSPS) is 14.2. The Morgan fingerprint density at radius 3 is 2.42 bits per heavy atom. The largest absolute Gasteiger partial charge is 0.321 e. The minimum absolute atomic E-state index is 0.246. The van der Waals surface area contributed by atoms with Crippen molar-refractivity contribution in [3.8, 4) is 0 Å². The van der Waals surface area contributed by atoms with Gasteiger partial charge in [0.25, 0.3) is 0 Å². The number of halogens is 3. The fraction of sp³-hybridized carbons (Fsp3) is 0.200. The molecule has 19 heavy (non-hydrogen) atoms. The van der Waals surface area contributed by atoms with Gasteiger partial charge in [-0.05, 0) is 48.7 Å². The number of nitrogens with two attached hydrogens (primary N) is 1. The first-order valence-electron chi connectivity index (χ1n) is 5.87. The quantitative estimate of drug-likeness (QED) is 0.862. The standard InChI is InChI=1S/C15H14BrClFN/c1-15(19,9-10-2-5-12(18)6-3-10)13-7-4-11(16)8-14(13)17/h2-8H,9,19H2,1H3. The van der Waals surface area contributed by atoms with Crippen molar-refractivity contribution in [2.75, 3.05) is 0 Å². The lowest BCUT2D eigenvalue weighted by Gasteiger charge is -2.26. The molecule has 1 atom stereocenters. The van der Waals surface area contributed by atoms with Crippen LogP contribution in [0.1, 0.15) is 18.1 Å². The molecule has 0 saturated carbocycles. The molecule has 2 N–H and O–H groups in total. The first-order chi connectivity index (χ1) is 8.88.